The van der Waals surface area contributed by atoms with Crippen LogP contribution in [0.5, 0.6) is 0 Å². The fourth-order valence-electron chi connectivity index (χ4n) is 2.40. The second-order valence-corrected chi connectivity index (χ2v) is 7.85. The minimum Gasteiger partial charge on any atom is -0.408 e. The number of nitrogens with one attached hydrogen (secondary N) is 3. The van der Waals surface area contributed by atoms with Crippen molar-refractivity contribution in [1.29, 1.82) is 0 Å². The van der Waals surface area contributed by atoms with Crippen LogP contribution in [0.3, 0.4) is 0 Å². The molecule has 0 atom stereocenters. The fraction of sp³-hybridized carbons (Fsp3) is 0.312. The molecule has 10 nitrogen and oxygen atoms in total. The summed E-state index contributed by atoms with van der Waals surface area (Å²) in [6.07, 6.45) is 0. The van der Waals surface area contributed by atoms with Crippen LogP contribution in [-0.2, 0) is 10.0 Å². The average molecular weight is 392 g/mol. The maximum absolute atomic E-state index is 12.4. The molecule has 0 saturated heterocycles. The molecule has 0 saturated carbocycles. The molecule has 2 aromatic heterocycles. The predicted octanol–water partition coefficient (Wildman–Crippen LogP) is 0.676. The highest BCUT2D eigenvalue weighted by Crippen LogP contribution is 2.16. The van der Waals surface area contributed by atoms with Gasteiger partial charge in [0.25, 0.3) is 0 Å². The van der Waals surface area contributed by atoms with E-state index in [1.807, 2.05) is 32.0 Å². The standard InChI is InChI=1S/C16H20N6O4S/c1-10-8-14(22(2)3)21-15(19-10)17-6-7-18-27(24,25)11-4-5-13-12(9-11)20-16(23)26-13/h4-5,8-9,18H,6-7H2,1-3H3,(H,20,23)(H,17,19,21). The monoisotopic (exact) mass is 392 g/mol. The summed E-state index contributed by atoms with van der Waals surface area (Å²) in [5.41, 5.74) is 1.43. The van der Waals surface area contributed by atoms with Gasteiger partial charge in [-0.05, 0) is 25.1 Å². The molecule has 0 spiro atoms. The maximum atomic E-state index is 12.4. The Balaban J connectivity index is 1.63. The smallest absolute Gasteiger partial charge is 0.408 e. The van der Waals surface area contributed by atoms with Gasteiger partial charge in [0, 0.05) is 38.9 Å². The third kappa shape index (κ3) is 4.44. The lowest BCUT2D eigenvalue weighted by Crippen LogP contribution is -2.29. The number of nitrogens with zero attached hydrogens (tertiary/aromatic N) is 3. The topological polar surface area (TPSA) is 133 Å². The molecule has 0 aliphatic rings. The molecule has 1 aromatic carbocycles. The van der Waals surface area contributed by atoms with E-state index in [4.69, 9.17) is 4.42 Å². The third-order valence-corrected chi connectivity index (χ3v) is 5.16. The minimum atomic E-state index is -3.73. The summed E-state index contributed by atoms with van der Waals surface area (Å²) in [7, 11) is 0.0280. The summed E-state index contributed by atoms with van der Waals surface area (Å²) in [6.45, 7) is 2.30. The number of H-pyrrole nitrogens is 1. The number of sulfonamides is 1. The number of aryl methyl sites for hydroxylation is 1. The van der Waals surface area contributed by atoms with Crippen molar-refractivity contribution < 1.29 is 12.8 Å². The summed E-state index contributed by atoms with van der Waals surface area (Å²) in [6, 6.07) is 6.01. The molecule has 0 amide bonds. The molecule has 0 radical (unpaired) electrons. The number of anilines is 2. The lowest BCUT2D eigenvalue weighted by atomic mass is 10.3. The number of hydrogen-bond donors (Lipinski definition) is 3. The van der Waals surface area contributed by atoms with Gasteiger partial charge in [0.15, 0.2) is 5.58 Å². The number of fused-ring (bicyclic) bond motifs is 1. The molecule has 11 heteroatoms. The van der Waals surface area contributed by atoms with Gasteiger partial charge in [0.1, 0.15) is 5.82 Å². The van der Waals surface area contributed by atoms with Crippen LogP contribution >= 0.6 is 0 Å². The van der Waals surface area contributed by atoms with Crippen molar-refractivity contribution in [2.24, 2.45) is 0 Å². The first-order chi connectivity index (χ1) is 12.7. The molecule has 3 N–H and O–H groups in total. The Labute approximate surface area is 155 Å². The van der Waals surface area contributed by atoms with Gasteiger partial charge in [-0.25, -0.2) is 22.9 Å². The Morgan fingerprint density at radius 2 is 1.96 bits per heavy atom. The van der Waals surface area contributed by atoms with E-state index in [2.05, 4.69) is 25.0 Å². The number of oxazole rings is 1. The van der Waals surface area contributed by atoms with Crippen LogP contribution in [0.25, 0.3) is 11.1 Å². The van der Waals surface area contributed by atoms with Crippen LogP contribution in [-0.4, -0.2) is 50.6 Å². The van der Waals surface area contributed by atoms with Crippen LogP contribution < -0.4 is 20.7 Å². The van der Waals surface area contributed by atoms with Crippen molar-refractivity contribution >= 4 is 32.9 Å². The quantitative estimate of drug-likeness (QED) is 0.500. The normalized spacial score (nSPS) is 11.7. The van der Waals surface area contributed by atoms with E-state index in [1.165, 1.54) is 18.2 Å². The van der Waals surface area contributed by atoms with E-state index in [9.17, 15) is 13.2 Å². The van der Waals surface area contributed by atoms with Gasteiger partial charge in [-0.1, -0.05) is 0 Å². The Bertz CT molecular complexity index is 1120. The Morgan fingerprint density at radius 3 is 2.70 bits per heavy atom. The first kappa shape index (κ1) is 18.9. The molecule has 0 bridgehead atoms. The van der Waals surface area contributed by atoms with E-state index in [-0.39, 0.29) is 11.4 Å². The summed E-state index contributed by atoms with van der Waals surface area (Å²) in [4.78, 5) is 24.1. The van der Waals surface area contributed by atoms with E-state index >= 15 is 0 Å². The van der Waals surface area contributed by atoms with E-state index in [0.29, 0.717) is 23.6 Å². The average Bonchev–Trinajstić information content (AvgIpc) is 2.97. The van der Waals surface area contributed by atoms with Crippen molar-refractivity contribution in [3.8, 4) is 0 Å². The van der Waals surface area contributed by atoms with Gasteiger partial charge in [-0.15, -0.1) is 0 Å². The number of aromatic amines is 1. The Morgan fingerprint density at radius 1 is 1.19 bits per heavy atom. The van der Waals surface area contributed by atoms with Gasteiger partial charge < -0.3 is 14.6 Å². The highest BCUT2D eigenvalue weighted by Gasteiger charge is 2.15. The second-order valence-electron chi connectivity index (χ2n) is 6.08. The SMILES string of the molecule is Cc1cc(N(C)C)nc(NCCNS(=O)(=O)c2ccc3oc(=O)[nH]c3c2)n1. The van der Waals surface area contributed by atoms with Gasteiger partial charge in [0.2, 0.25) is 16.0 Å². The number of aromatic nitrogens is 3. The Hall–Kier alpha value is -2.92. The van der Waals surface area contributed by atoms with E-state index in [1.54, 1.807) is 0 Å². The summed E-state index contributed by atoms with van der Waals surface area (Å²) in [5, 5.41) is 3.00. The molecule has 0 aliphatic carbocycles. The highest BCUT2D eigenvalue weighted by molar-refractivity contribution is 7.89. The Kier molecular flexibility index (Phi) is 5.15. The summed E-state index contributed by atoms with van der Waals surface area (Å²) < 4.78 is 32.1. The van der Waals surface area contributed by atoms with Crippen LogP contribution in [0.15, 0.2) is 38.4 Å². The largest absolute Gasteiger partial charge is 0.417 e. The fourth-order valence-corrected chi connectivity index (χ4v) is 3.46. The lowest BCUT2D eigenvalue weighted by Gasteiger charge is -2.14. The highest BCUT2D eigenvalue weighted by atomic mass is 32.2. The van der Waals surface area contributed by atoms with Gasteiger partial charge >= 0.3 is 5.76 Å². The van der Waals surface area contributed by atoms with Gasteiger partial charge in [-0.2, -0.15) is 4.98 Å². The molecular weight excluding hydrogens is 372 g/mol. The van der Waals surface area contributed by atoms with E-state index in [0.717, 1.165) is 11.5 Å². The molecule has 27 heavy (non-hydrogen) atoms. The molecule has 0 fully saturated rings. The lowest BCUT2D eigenvalue weighted by molar-refractivity contribution is 0.555. The van der Waals surface area contributed by atoms with Crippen LogP contribution in [0, 0.1) is 6.92 Å². The van der Waals surface area contributed by atoms with Crippen LogP contribution in [0.2, 0.25) is 0 Å². The number of rotatable bonds is 7. The molecule has 0 aliphatic heterocycles. The molecule has 3 rings (SSSR count). The second kappa shape index (κ2) is 7.37. The predicted molar refractivity (Wildman–Crippen MR) is 102 cm³/mol. The van der Waals surface area contributed by atoms with Crippen molar-refractivity contribution in [3.63, 3.8) is 0 Å². The molecule has 144 valence electrons. The van der Waals surface area contributed by atoms with Crippen molar-refractivity contribution in [2.75, 3.05) is 37.4 Å². The maximum Gasteiger partial charge on any atom is 0.417 e. The zero-order valence-electron chi connectivity index (χ0n) is 15.1. The zero-order valence-corrected chi connectivity index (χ0v) is 15.9. The molecule has 3 aromatic rings. The number of hydrogen-bond acceptors (Lipinski definition) is 8. The first-order valence-corrected chi connectivity index (χ1v) is 9.62. The molecule has 0 unspecified atom stereocenters. The van der Waals surface area contributed by atoms with Crippen LogP contribution in [0.1, 0.15) is 5.69 Å². The molecule has 2 heterocycles. The van der Waals surface area contributed by atoms with Crippen molar-refractivity contribution in [3.05, 3.63) is 40.5 Å². The van der Waals surface area contributed by atoms with Crippen LogP contribution in [0.4, 0.5) is 11.8 Å². The summed E-state index contributed by atoms with van der Waals surface area (Å²) in [5.74, 6) is 0.551. The zero-order chi connectivity index (χ0) is 19.6. The van der Waals surface area contributed by atoms with Crippen molar-refractivity contribution in [2.45, 2.75) is 11.8 Å². The third-order valence-electron chi connectivity index (χ3n) is 3.70. The number of benzene rings is 1. The van der Waals surface area contributed by atoms with E-state index < -0.39 is 15.8 Å². The minimum absolute atomic E-state index is 0.0359. The molecular formula is C16H20N6O4S. The van der Waals surface area contributed by atoms with Crippen molar-refractivity contribution in [1.82, 2.24) is 19.7 Å². The summed E-state index contributed by atoms with van der Waals surface area (Å²) >= 11 is 0. The first-order valence-electron chi connectivity index (χ1n) is 8.14. The van der Waals surface area contributed by atoms with Gasteiger partial charge in [-0.3, -0.25) is 4.98 Å². The van der Waals surface area contributed by atoms with Gasteiger partial charge in [0.05, 0.1) is 10.4 Å².